The minimum Gasteiger partial charge on any atom is -0.504 e. The molecule has 0 bridgehead atoms. The second kappa shape index (κ2) is 7.80. The molecule has 0 radical (unpaired) electrons. The third-order valence-electron chi connectivity index (χ3n) is 4.96. The number of carbonyl (C=O) groups is 1. The number of phenolic OH excluding ortho intramolecular Hbond substituents is 1. The van der Waals surface area contributed by atoms with Gasteiger partial charge in [-0.2, -0.15) is 0 Å². The van der Waals surface area contributed by atoms with Gasteiger partial charge in [-0.3, -0.25) is 4.79 Å². The van der Waals surface area contributed by atoms with E-state index in [4.69, 9.17) is 0 Å². The van der Waals surface area contributed by atoms with Crippen LogP contribution < -0.4 is 21.2 Å². The molecule has 1 N–H and O–H groups in total. The lowest BCUT2D eigenvalue weighted by molar-refractivity contribution is 0.112. The average Bonchev–Trinajstić information content (AvgIpc) is 2.78. The molecule has 0 amide bonds. The van der Waals surface area contributed by atoms with Crippen molar-refractivity contribution in [2.45, 2.75) is 0 Å². The molecule has 3 heteroatoms. The van der Waals surface area contributed by atoms with Crippen molar-refractivity contribution in [3.8, 4) is 5.75 Å². The first kappa shape index (κ1) is 18.2. The van der Waals surface area contributed by atoms with Gasteiger partial charge in [-0.15, -0.1) is 0 Å². The van der Waals surface area contributed by atoms with Crippen molar-refractivity contribution in [1.82, 2.24) is 0 Å². The highest BCUT2D eigenvalue weighted by molar-refractivity contribution is 8.01. The molecule has 0 saturated carbocycles. The fourth-order valence-electron chi connectivity index (χ4n) is 3.73. The molecular weight excluding hydrogens is 363 g/mol. The summed E-state index contributed by atoms with van der Waals surface area (Å²) in [7, 11) is -2.39. The Labute approximate surface area is 165 Å². The Hall–Kier alpha value is -3.22. The Kier molecular flexibility index (Phi) is 5.06. The van der Waals surface area contributed by atoms with E-state index in [1.807, 2.05) is 66.7 Å². The number of rotatable bonds is 5. The second-order valence-corrected chi connectivity index (χ2v) is 9.88. The molecule has 0 fully saturated rings. The van der Waals surface area contributed by atoms with Crippen molar-refractivity contribution in [1.29, 1.82) is 0 Å². The molecule has 0 aliphatic rings. The maximum Gasteiger partial charge on any atom is 0.169 e. The van der Waals surface area contributed by atoms with Gasteiger partial charge in [-0.25, -0.2) is 0 Å². The summed E-state index contributed by atoms with van der Waals surface area (Å²) in [5.41, 5.74) is 0.310. The smallest absolute Gasteiger partial charge is 0.169 e. The fraction of sp³-hybridized carbons (Fsp3) is 0. The van der Waals surface area contributed by atoms with E-state index in [9.17, 15) is 9.90 Å². The monoisotopic (exact) mass is 383 g/mol. The van der Waals surface area contributed by atoms with Crippen LogP contribution in [0.5, 0.6) is 5.75 Å². The molecule has 136 valence electrons. The molecular formula is C25H20O2P+. The van der Waals surface area contributed by atoms with Crippen LogP contribution >= 0.6 is 7.26 Å². The molecule has 0 heterocycles. The molecule has 0 aliphatic carbocycles. The number of carbonyl (C=O) groups excluding carboxylic acids is 1. The van der Waals surface area contributed by atoms with E-state index in [1.165, 1.54) is 0 Å². The lowest BCUT2D eigenvalue weighted by atomic mass is 10.2. The molecule has 0 atom stereocenters. The van der Waals surface area contributed by atoms with E-state index in [0.29, 0.717) is 11.8 Å². The number of para-hydroxylation sites is 1. The summed E-state index contributed by atoms with van der Waals surface area (Å²) < 4.78 is 0. The normalized spacial score (nSPS) is 11.1. The summed E-state index contributed by atoms with van der Waals surface area (Å²) in [6.07, 6.45) is 0.717. The average molecular weight is 383 g/mol. The first-order chi connectivity index (χ1) is 13.8. The van der Waals surface area contributed by atoms with E-state index in [0.717, 1.165) is 21.2 Å². The van der Waals surface area contributed by atoms with Crippen LogP contribution in [0.25, 0.3) is 0 Å². The van der Waals surface area contributed by atoms with Crippen LogP contribution in [0.3, 0.4) is 0 Å². The van der Waals surface area contributed by atoms with Gasteiger partial charge in [0.2, 0.25) is 0 Å². The molecule has 4 rings (SSSR count). The Morgan fingerprint density at radius 2 is 1.00 bits per heavy atom. The number of benzene rings is 4. The number of phenols is 1. The third-order valence-corrected chi connectivity index (χ3v) is 9.27. The minimum absolute atomic E-state index is 0.0578. The predicted molar refractivity (Wildman–Crippen MR) is 118 cm³/mol. The Morgan fingerprint density at radius 3 is 1.39 bits per heavy atom. The number of aldehydes is 1. The van der Waals surface area contributed by atoms with Crippen LogP contribution in [0.1, 0.15) is 10.4 Å². The predicted octanol–water partition coefficient (Wildman–Crippen LogP) is 3.82. The SMILES string of the molecule is O=Cc1cccc([P+](c2ccccc2)(c2ccccc2)c2ccccc2)c1O. The topological polar surface area (TPSA) is 37.3 Å². The van der Waals surface area contributed by atoms with Gasteiger partial charge in [0.15, 0.2) is 17.3 Å². The molecule has 0 aromatic heterocycles. The van der Waals surface area contributed by atoms with Crippen molar-refractivity contribution >= 4 is 34.8 Å². The van der Waals surface area contributed by atoms with Gasteiger partial charge in [0.1, 0.15) is 23.2 Å². The maximum atomic E-state index is 11.6. The second-order valence-electron chi connectivity index (χ2n) is 6.51. The summed E-state index contributed by atoms with van der Waals surface area (Å²) in [5.74, 6) is 0.0578. The van der Waals surface area contributed by atoms with Gasteiger partial charge in [0.05, 0.1) is 5.56 Å². The number of hydrogen-bond donors (Lipinski definition) is 1. The quantitative estimate of drug-likeness (QED) is 0.420. The Morgan fingerprint density at radius 1 is 0.571 bits per heavy atom. The molecule has 2 nitrogen and oxygen atoms in total. The number of aromatic hydroxyl groups is 1. The highest BCUT2D eigenvalue weighted by atomic mass is 31.2. The minimum atomic E-state index is -2.39. The van der Waals surface area contributed by atoms with Crippen LogP contribution in [0, 0.1) is 0 Å². The molecule has 0 aliphatic heterocycles. The molecule has 4 aromatic carbocycles. The third kappa shape index (κ3) is 2.93. The molecule has 0 spiro atoms. The Bertz CT molecular complexity index is 981. The summed E-state index contributed by atoms with van der Waals surface area (Å²) >= 11 is 0. The number of hydrogen-bond acceptors (Lipinski definition) is 2. The summed E-state index contributed by atoms with van der Waals surface area (Å²) in [6.45, 7) is 0. The molecule has 4 aromatic rings. The van der Waals surface area contributed by atoms with Crippen LogP contribution in [0.15, 0.2) is 109 Å². The van der Waals surface area contributed by atoms with Gasteiger partial charge in [0, 0.05) is 0 Å². The van der Waals surface area contributed by atoms with Crippen molar-refractivity contribution in [2.75, 3.05) is 0 Å². The van der Waals surface area contributed by atoms with Crippen LogP contribution in [0.4, 0.5) is 0 Å². The van der Waals surface area contributed by atoms with E-state index in [2.05, 4.69) is 36.4 Å². The van der Waals surface area contributed by atoms with E-state index in [1.54, 1.807) is 6.07 Å². The van der Waals surface area contributed by atoms with Gasteiger partial charge in [-0.1, -0.05) is 60.7 Å². The summed E-state index contributed by atoms with van der Waals surface area (Å²) in [5, 5.41) is 15.3. The largest absolute Gasteiger partial charge is 0.504 e. The van der Waals surface area contributed by atoms with Gasteiger partial charge >= 0.3 is 0 Å². The standard InChI is InChI=1S/C25H19O2P/c26-19-20-11-10-18-24(25(20)27)28(21-12-4-1-5-13-21,22-14-6-2-7-15-22)23-16-8-3-9-17-23/h1-19H/p+1. The van der Waals surface area contributed by atoms with Crippen molar-refractivity contribution in [3.05, 3.63) is 115 Å². The van der Waals surface area contributed by atoms with E-state index < -0.39 is 7.26 Å². The van der Waals surface area contributed by atoms with Crippen LogP contribution in [-0.4, -0.2) is 11.4 Å². The lowest BCUT2D eigenvalue weighted by Crippen LogP contribution is -2.38. The first-order valence-corrected chi connectivity index (χ1v) is 10.9. The lowest BCUT2D eigenvalue weighted by Gasteiger charge is -2.28. The van der Waals surface area contributed by atoms with Crippen LogP contribution in [-0.2, 0) is 0 Å². The molecule has 28 heavy (non-hydrogen) atoms. The molecule has 0 unspecified atom stereocenters. The molecule has 0 saturated heterocycles. The zero-order chi connectivity index (χ0) is 19.4. The van der Waals surface area contributed by atoms with Gasteiger partial charge in [0.25, 0.3) is 0 Å². The van der Waals surface area contributed by atoms with E-state index in [-0.39, 0.29) is 5.75 Å². The van der Waals surface area contributed by atoms with Crippen molar-refractivity contribution in [3.63, 3.8) is 0 Å². The summed E-state index contributed by atoms with van der Waals surface area (Å²) in [4.78, 5) is 11.6. The zero-order valence-electron chi connectivity index (χ0n) is 15.3. The van der Waals surface area contributed by atoms with E-state index >= 15 is 0 Å². The van der Waals surface area contributed by atoms with Gasteiger partial charge in [-0.05, 0) is 48.5 Å². The van der Waals surface area contributed by atoms with Gasteiger partial charge < -0.3 is 5.11 Å². The van der Waals surface area contributed by atoms with Crippen LogP contribution in [0.2, 0.25) is 0 Å². The fourth-order valence-corrected chi connectivity index (χ4v) is 8.08. The maximum absolute atomic E-state index is 11.6. The Balaban J connectivity index is 2.19. The highest BCUT2D eigenvalue weighted by Gasteiger charge is 2.49. The summed E-state index contributed by atoms with van der Waals surface area (Å²) in [6, 6.07) is 36.3. The highest BCUT2D eigenvalue weighted by Crippen LogP contribution is 2.56. The van der Waals surface area contributed by atoms with Crippen molar-refractivity contribution in [2.24, 2.45) is 0 Å². The first-order valence-electron chi connectivity index (χ1n) is 9.12. The van der Waals surface area contributed by atoms with Crippen molar-refractivity contribution < 1.29 is 9.90 Å². The zero-order valence-corrected chi connectivity index (χ0v) is 16.2.